The molecule has 1 heterocycles. The van der Waals surface area contributed by atoms with Gasteiger partial charge < -0.3 is 16.8 Å². The first-order chi connectivity index (χ1) is 9.35. The van der Waals surface area contributed by atoms with Crippen LogP contribution in [-0.4, -0.2) is 22.8 Å². The number of primary amides is 2. The highest BCUT2D eigenvalue weighted by molar-refractivity contribution is 5.98. The van der Waals surface area contributed by atoms with E-state index in [0.29, 0.717) is 6.42 Å². The first-order valence-electron chi connectivity index (χ1n) is 6.11. The number of amides is 2. The van der Waals surface area contributed by atoms with Crippen LogP contribution in [0.2, 0.25) is 0 Å². The zero-order chi connectivity index (χ0) is 15.3. The van der Waals surface area contributed by atoms with E-state index in [0.717, 1.165) is 0 Å². The predicted octanol–water partition coefficient (Wildman–Crippen LogP) is 0.364. The van der Waals surface area contributed by atoms with Gasteiger partial charge in [0.1, 0.15) is 17.9 Å². The van der Waals surface area contributed by atoms with E-state index in [2.05, 4.69) is 10.3 Å². The fourth-order valence-corrected chi connectivity index (χ4v) is 1.71. The lowest BCUT2D eigenvalue weighted by Gasteiger charge is -2.19. The van der Waals surface area contributed by atoms with Gasteiger partial charge in [-0.15, -0.1) is 0 Å². The second-order valence-electron chi connectivity index (χ2n) is 4.83. The molecule has 20 heavy (non-hydrogen) atoms. The summed E-state index contributed by atoms with van der Waals surface area (Å²) >= 11 is 0. The summed E-state index contributed by atoms with van der Waals surface area (Å²) in [5.41, 5.74) is 10.8. The summed E-state index contributed by atoms with van der Waals surface area (Å²) in [4.78, 5) is 26.7. The molecule has 0 saturated carbocycles. The maximum absolute atomic E-state index is 11.4. The smallest absolute Gasteiger partial charge is 0.252 e. The maximum atomic E-state index is 11.4. The molecule has 0 aliphatic rings. The molecule has 1 aromatic heterocycles. The van der Waals surface area contributed by atoms with Crippen LogP contribution in [0, 0.1) is 17.2 Å². The topological polar surface area (TPSA) is 135 Å². The van der Waals surface area contributed by atoms with Crippen LogP contribution in [-0.2, 0) is 4.79 Å². The highest BCUT2D eigenvalue weighted by Crippen LogP contribution is 2.17. The van der Waals surface area contributed by atoms with Crippen molar-refractivity contribution in [2.45, 2.75) is 26.3 Å². The summed E-state index contributed by atoms with van der Waals surface area (Å²) in [6.45, 7) is 3.89. The summed E-state index contributed by atoms with van der Waals surface area (Å²) in [5, 5.41) is 11.6. The van der Waals surface area contributed by atoms with E-state index >= 15 is 0 Å². The van der Waals surface area contributed by atoms with Gasteiger partial charge in [-0.05, 0) is 18.4 Å². The number of pyridine rings is 1. The Labute approximate surface area is 117 Å². The lowest BCUT2D eigenvalue weighted by atomic mass is 10.0. The molecule has 106 valence electrons. The zero-order valence-corrected chi connectivity index (χ0v) is 11.4. The molecular weight excluding hydrogens is 258 g/mol. The van der Waals surface area contributed by atoms with Crippen LogP contribution < -0.4 is 16.8 Å². The van der Waals surface area contributed by atoms with Gasteiger partial charge in [-0.1, -0.05) is 13.8 Å². The summed E-state index contributed by atoms with van der Waals surface area (Å²) in [5.74, 6) is -0.887. The first kappa shape index (κ1) is 15.4. The summed E-state index contributed by atoms with van der Waals surface area (Å²) in [6.07, 6.45) is 1.79. The summed E-state index contributed by atoms with van der Waals surface area (Å²) < 4.78 is 0. The van der Waals surface area contributed by atoms with E-state index in [-0.39, 0.29) is 22.9 Å². The number of rotatable bonds is 6. The van der Waals surface area contributed by atoms with Crippen molar-refractivity contribution < 1.29 is 9.59 Å². The Morgan fingerprint density at radius 2 is 2.10 bits per heavy atom. The van der Waals surface area contributed by atoms with E-state index in [1.807, 2.05) is 19.9 Å². The van der Waals surface area contributed by atoms with Crippen molar-refractivity contribution >= 4 is 17.6 Å². The van der Waals surface area contributed by atoms with Gasteiger partial charge in [-0.3, -0.25) is 9.59 Å². The number of nitriles is 1. The number of carbonyl (C=O) groups excluding carboxylic acids is 2. The lowest BCUT2D eigenvalue weighted by Crippen LogP contribution is -2.37. The molecule has 1 aromatic rings. The SMILES string of the molecule is CC(C)CC(Nc1ncc(C#N)cc1C(N)=O)C(N)=O. The molecular formula is C13H17N5O2. The van der Waals surface area contributed by atoms with Crippen LogP contribution in [0.25, 0.3) is 0 Å². The highest BCUT2D eigenvalue weighted by atomic mass is 16.1. The van der Waals surface area contributed by atoms with Crippen LogP contribution >= 0.6 is 0 Å². The van der Waals surface area contributed by atoms with Crippen LogP contribution in [0.4, 0.5) is 5.82 Å². The number of hydrogen-bond donors (Lipinski definition) is 3. The molecule has 0 aromatic carbocycles. The Balaban J connectivity index is 3.09. The van der Waals surface area contributed by atoms with E-state index in [9.17, 15) is 9.59 Å². The second-order valence-corrected chi connectivity index (χ2v) is 4.83. The fraction of sp³-hybridized carbons (Fsp3) is 0.385. The third-order valence-corrected chi connectivity index (χ3v) is 2.64. The van der Waals surface area contributed by atoms with Crippen molar-refractivity contribution in [2.75, 3.05) is 5.32 Å². The standard InChI is InChI=1S/C13H17N5O2/c1-7(2)3-10(12(16)20)18-13-9(11(15)19)4-8(5-14)6-17-13/h4,6-7,10H,3H2,1-2H3,(H2,15,19)(H2,16,20)(H,17,18). The molecule has 7 nitrogen and oxygen atoms in total. The van der Waals surface area contributed by atoms with Crippen LogP contribution in [0.15, 0.2) is 12.3 Å². The molecule has 0 radical (unpaired) electrons. The molecule has 0 bridgehead atoms. The number of hydrogen-bond acceptors (Lipinski definition) is 5. The Kier molecular flexibility index (Phi) is 5.03. The molecule has 0 spiro atoms. The van der Waals surface area contributed by atoms with Gasteiger partial charge in [-0.2, -0.15) is 5.26 Å². The molecule has 2 amide bonds. The number of nitrogens with one attached hydrogen (secondary N) is 1. The van der Waals surface area contributed by atoms with Gasteiger partial charge in [0.15, 0.2) is 0 Å². The highest BCUT2D eigenvalue weighted by Gasteiger charge is 2.20. The van der Waals surface area contributed by atoms with Gasteiger partial charge in [0.25, 0.3) is 5.91 Å². The van der Waals surface area contributed by atoms with Gasteiger partial charge >= 0.3 is 0 Å². The number of nitrogens with zero attached hydrogens (tertiary/aromatic N) is 2. The third kappa shape index (κ3) is 3.95. The largest absolute Gasteiger partial charge is 0.368 e. The van der Waals surface area contributed by atoms with Crippen molar-refractivity contribution in [1.82, 2.24) is 4.98 Å². The average Bonchev–Trinajstić information content (AvgIpc) is 2.37. The summed E-state index contributed by atoms with van der Waals surface area (Å²) in [7, 11) is 0. The van der Waals surface area contributed by atoms with Gasteiger partial charge in [-0.25, -0.2) is 4.98 Å². The maximum Gasteiger partial charge on any atom is 0.252 e. The van der Waals surface area contributed by atoms with Crippen LogP contribution in [0.5, 0.6) is 0 Å². The molecule has 1 rings (SSSR count). The van der Waals surface area contributed by atoms with E-state index < -0.39 is 17.9 Å². The van der Waals surface area contributed by atoms with Gasteiger partial charge in [0.2, 0.25) is 5.91 Å². The Bertz CT molecular complexity index is 562. The molecule has 5 N–H and O–H groups in total. The number of aromatic nitrogens is 1. The van der Waals surface area contributed by atoms with Crippen molar-refractivity contribution in [3.63, 3.8) is 0 Å². The van der Waals surface area contributed by atoms with Crippen LogP contribution in [0.3, 0.4) is 0 Å². The normalized spacial score (nSPS) is 11.7. The Hall–Kier alpha value is -2.62. The second kappa shape index (κ2) is 6.52. The van der Waals surface area contributed by atoms with Crippen molar-refractivity contribution in [1.29, 1.82) is 5.26 Å². The molecule has 0 aliphatic carbocycles. The quantitative estimate of drug-likeness (QED) is 0.689. The number of carbonyl (C=O) groups is 2. The molecule has 7 heteroatoms. The molecule has 1 unspecified atom stereocenters. The third-order valence-electron chi connectivity index (χ3n) is 2.64. The Morgan fingerprint density at radius 1 is 1.45 bits per heavy atom. The van der Waals surface area contributed by atoms with Gasteiger partial charge in [0.05, 0.1) is 11.1 Å². The molecule has 0 fully saturated rings. The average molecular weight is 275 g/mol. The summed E-state index contributed by atoms with van der Waals surface area (Å²) in [6, 6.07) is 2.53. The minimum absolute atomic E-state index is 0.0547. The van der Waals surface area contributed by atoms with E-state index in [1.54, 1.807) is 0 Å². The zero-order valence-electron chi connectivity index (χ0n) is 11.4. The number of anilines is 1. The first-order valence-corrected chi connectivity index (χ1v) is 6.11. The van der Waals surface area contributed by atoms with Crippen molar-refractivity contribution in [2.24, 2.45) is 17.4 Å². The van der Waals surface area contributed by atoms with Gasteiger partial charge in [0, 0.05) is 6.20 Å². The minimum atomic E-state index is -0.732. The van der Waals surface area contributed by atoms with E-state index in [4.69, 9.17) is 16.7 Å². The molecule has 0 saturated heterocycles. The van der Waals surface area contributed by atoms with Crippen molar-refractivity contribution in [3.8, 4) is 6.07 Å². The molecule has 1 atom stereocenters. The molecule has 0 aliphatic heterocycles. The fourth-order valence-electron chi connectivity index (χ4n) is 1.71. The van der Waals surface area contributed by atoms with Crippen LogP contribution in [0.1, 0.15) is 36.2 Å². The van der Waals surface area contributed by atoms with E-state index in [1.165, 1.54) is 12.3 Å². The monoisotopic (exact) mass is 275 g/mol. The van der Waals surface area contributed by atoms with Crippen molar-refractivity contribution in [3.05, 3.63) is 23.4 Å². The lowest BCUT2D eigenvalue weighted by molar-refractivity contribution is -0.119. The Morgan fingerprint density at radius 3 is 2.55 bits per heavy atom. The predicted molar refractivity (Wildman–Crippen MR) is 73.5 cm³/mol. The minimum Gasteiger partial charge on any atom is -0.368 e. The number of nitrogens with two attached hydrogens (primary N) is 2.